The van der Waals surface area contributed by atoms with E-state index in [0.29, 0.717) is 0 Å². The van der Waals surface area contributed by atoms with Crippen LogP contribution in [-0.2, 0) is 12.5 Å². The Morgan fingerprint density at radius 2 is 2.00 bits per heavy atom. The highest BCUT2D eigenvalue weighted by Gasteiger charge is 2.36. The lowest BCUT2D eigenvalue weighted by Gasteiger charge is -2.28. The number of aryl methyl sites for hydroxylation is 1. The van der Waals surface area contributed by atoms with Gasteiger partial charge in [0.15, 0.2) is 0 Å². The van der Waals surface area contributed by atoms with Gasteiger partial charge in [-0.25, -0.2) is 0 Å². The smallest absolute Gasteiger partial charge is 0.0481 e. The Bertz CT molecular complexity index is 579. The molecule has 0 saturated heterocycles. The van der Waals surface area contributed by atoms with Gasteiger partial charge in [0.2, 0.25) is 0 Å². The number of hydrogen-bond donors (Lipinski definition) is 1. The fourth-order valence-corrected chi connectivity index (χ4v) is 3.63. The van der Waals surface area contributed by atoms with Gasteiger partial charge in [0, 0.05) is 40.6 Å². The summed E-state index contributed by atoms with van der Waals surface area (Å²) in [5.74, 6) is 0. The molecule has 0 atom stereocenters. The molecule has 1 saturated carbocycles. The molecule has 0 radical (unpaired) electrons. The van der Waals surface area contributed by atoms with Crippen LogP contribution in [0.2, 0.25) is 5.02 Å². The van der Waals surface area contributed by atoms with E-state index in [1.165, 1.54) is 42.3 Å². The van der Waals surface area contributed by atoms with E-state index in [9.17, 15) is 0 Å². The number of nitrogens with two attached hydrogens (primary N) is 1. The van der Waals surface area contributed by atoms with Gasteiger partial charge >= 0.3 is 0 Å². The van der Waals surface area contributed by atoms with E-state index in [4.69, 9.17) is 17.3 Å². The van der Waals surface area contributed by atoms with E-state index in [2.05, 4.69) is 23.7 Å². The topological polar surface area (TPSA) is 30.9 Å². The molecule has 1 heterocycles. The predicted molar refractivity (Wildman–Crippen MR) is 77.1 cm³/mol. The summed E-state index contributed by atoms with van der Waals surface area (Å²) in [4.78, 5) is 0. The number of aromatic nitrogens is 1. The molecule has 1 aromatic carbocycles. The van der Waals surface area contributed by atoms with Crippen molar-refractivity contribution in [2.24, 2.45) is 12.8 Å². The molecule has 96 valence electrons. The number of fused-ring (bicyclic) bond motifs is 1. The average molecular weight is 263 g/mol. The van der Waals surface area contributed by atoms with Crippen LogP contribution in [0, 0.1) is 0 Å². The fourth-order valence-electron chi connectivity index (χ4n) is 3.45. The minimum Gasteiger partial charge on any atom is -0.347 e. The van der Waals surface area contributed by atoms with Crippen LogP contribution in [0.1, 0.15) is 31.4 Å². The van der Waals surface area contributed by atoms with Gasteiger partial charge < -0.3 is 10.3 Å². The molecule has 2 N–H and O–H groups in total. The molecule has 18 heavy (non-hydrogen) atoms. The van der Waals surface area contributed by atoms with Crippen LogP contribution in [0.5, 0.6) is 0 Å². The average Bonchev–Trinajstić information content (AvgIpc) is 2.95. The fraction of sp³-hybridized carbons (Fsp3) is 0.467. The predicted octanol–water partition coefficient (Wildman–Crippen LogP) is 3.60. The van der Waals surface area contributed by atoms with E-state index in [1.54, 1.807) is 0 Å². The highest BCUT2D eigenvalue weighted by molar-refractivity contribution is 6.31. The Morgan fingerprint density at radius 1 is 1.28 bits per heavy atom. The van der Waals surface area contributed by atoms with Gasteiger partial charge in [0.25, 0.3) is 0 Å². The molecule has 0 amide bonds. The van der Waals surface area contributed by atoms with E-state index in [-0.39, 0.29) is 5.41 Å². The maximum atomic E-state index is 6.08. The molecule has 2 aromatic rings. The second kappa shape index (κ2) is 4.29. The summed E-state index contributed by atoms with van der Waals surface area (Å²) in [5.41, 5.74) is 8.88. The van der Waals surface area contributed by atoms with E-state index in [0.717, 1.165) is 11.6 Å². The minimum atomic E-state index is 0.181. The SMILES string of the molecule is Cn1c(C2(CN)CCCC2)cc2cc(Cl)ccc21. The van der Waals surface area contributed by atoms with E-state index < -0.39 is 0 Å². The summed E-state index contributed by atoms with van der Waals surface area (Å²) in [6.45, 7) is 0.741. The zero-order valence-corrected chi connectivity index (χ0v) is 11.5. The molecular weight excluding hydrogens is 244 g/mol. The van der Waals surface area contributed by atoms with Gasteiger partial charge in [0.05, 0.1) is 0 Å². The molecule has 0 aliphatic heterocycles. The molecule has 0 unspecified atom stereocenters. The van der Waals surface area contributed by atoms with E-state index >= 15 is 0 Å². The summed E-state index contributed by atoms with van der Waals surface area (Å²) >= 11 is 6.07. The van der Waals surface area contributed by atoms with Crippen molar-refractivity contribution in [3.63, 3.8) is 0 Å². The van der Waals surface area contributed by atoms with Crippen molar-refractivity contribution < 1.29 is 0 Å². The van der Waals surface area contributed by atoms with Crippen molar-refractivity contribution in [3.8, 4) is 0 Å². The first-order chi connectivity index (χ1) is 8.66. The van der Waals surface area contributed by atoms with Crippen molar-refractivity contribution in [1.82, 2.24) is 4.57 Å². The summed E-state index contributed by atoms with van der Waals surface area (Å²) in [7, 11) is 2.14. The third-order valence-corrected chi connectivity index (χ3v) is 4.73. The second-order valence-electron chi connectivity index (χ2n) is 5.48. The highest BCUT2D eigenvalue weighted by atomic mass is 35.5. The Hall–Kier alpha value is -0.990. The lowest BCUT2D eigenvalue weighted by molar-refractivity contribution is 0.428. The molecule has 1 aromatic heterocycles. The Labute approximate surface area is 113 Å². The largest absolute Gasteiger partial charge is 0.347 e. The minimum absolute atomic E-state index is 0.181. The van der Waals surface area contributed by atoms with Gasteiger partial charge in [-0.15, -0.1) is 0 Å². The summed E-state index contributed by atoms with van der Waals surface area (Å²) < 4.78 is 2.30. The second-order valence-corrected chi connectivity index (χ2v) is 5.92. The highest BCUT2D eigenvalue weighted by Crippen LogP contribution is 2.42. The van der Waals surface area contributed by atoms with Crippen molar-refractivity contribution >= 4 is 22.5 Å². The van der Waals surface area contributed by atoms with Crippen molar-refractivity contribution in [1.29, 1.82) is 0 Å². The third-order valence-electron chi connectivity index (χ3n) is 4.50. The first-order valence-corrected chi connectivity index (χ1v) is 7.00. The maximum Gasteiger partial charge on any atom is 0.0481 e. The molecule has 1 aliphatic carbocycles. The van der Waals surface area contributed by atoms with Crippen LogP contribution in [0.4, 0.5) is 0 Å². The van der Waals surface area contributed by atoms with Crippen LogP contribution in [0.15, 0.2) is 24.3 Å². The molecule has 1 aliphatic rings. The first kappa shape index (κ1) is 12.1. The molecule has 1 fully saturated rings. The lowest BCUT2D eigenvalue weighted by Crippen LogP contribution is -2.33. The Balaban J connectivity index is 2.20. The zero-order chi connectivity index (χ0) is 12.8. The quantitative estimate of drug-likeness (QED) is 0.881. The number of halogens is 1. The van der Waals surface area contributed by atoms with Crippen LogP contribution in [0.3, 0.4) is 0 Å². The normalized spacial score (nSPS) is 18.6. The van der Waals surface area contributed by atoms with Crippen LogP contribution in [-0.4, -0.2) is 11.1 Å². The van der Waals surface area contributed by atoms with E-state index in [1.807, 2.05) is 12.1 Å². The number of nitrogens with zero attached hydrogens (tertiary/aromatic N) is 1. The van der Waals surface area contributed by atoms with Crippen LogP contribution >= 0.6 is 11.6 Å². The first-order valence-electron chi connectivity index (χ1n) is 6.62. The lowest BCUT2D eigenvalue weighted by atomic mass is 9.82. The number of benzene rings is 1. The molecule has 3 heteroatoms. The standard InChI is InChI=1S/C15H19ClN2/c1-18-13-5-4-12(16)8-11(13)9-14(18)15(10-17)6-2-3-7-15/h4-5,8-9H,2-3,6-7,10,17H2,1H3. The van der Waals surface area contributed by atoms with Crippen molar-refractivity contribution in [2.75, 3.05) is 6.54 Å². The maximum absolute atomic E-state index is 6.08. The molecule has 0 bridgehead atoms. The third kappa shape index (κ3) is 1.67. The summed E-state index contributed by atoms with van der Waals surface area (Å²) in [6.07, 6.45) is 5.00. The van der Waals surface area contributed by atoms with Crippen LogP contribution < -0.4 is 5.73 Å². The zero-order valence-electron chi connectivity index (χ0n) is 10.7. The van der Waals surface area contributed by atoms with Gasteiger partial charge in [-0.2, -0.15) is 0 Å². The monoisotopic (exact) mass is 262 g/mol. The Morgan fingerprint density at radius 3 is 2.67 bits per heavy atom. The number of rotatable bonds is 2. The van der Waals surface area contributed by atoms with Gasteiger partial charge in [-0.1, -0.05) is 24.4 Å². The number of hydrogen-bond acceptors (Lipinski definition) is 1. The van der Waals surface area contributed by atoms with Gasteiger partial charge in [-0.05, 0) is 37.1 Å². The van der Waals surface area contributed by atoms with Gasteiger partial charge in [0.1, 0.15) is 0 Å². The molecular formula is C15H19ClN2. The molecule has 3 rings (SSSR count). The molecule has 2 nitrogen and oxygen atoms in total. The van der Waals surface area contributed by atoms with Crippen molar-refractivity contribution in [2.45, 2.75) is 31.1 Å². The molecule has 0 spiro atoms. The summed E-state index contributed by atoms with van der Waals surface area (Å²) in [5, 5.41) is 2.02. The summed E-state index contributed by atoms with van der Waals surface area (Å²) in [6, 6.07) is 8.37. The van der Waals surface area contributed by atoms with Crippen LogP contribution in [0.25, 0.3) is 10.9 Å². The Kier molecular flexibility index (Phi) is 2.87. The van der Waals surface area contributed by atoms with Gasteiger partial charge in [-0.3, -0.25) is 0 Å². The van der Waals surface area contributed by atoms with Crippen molar-refractivity contribution in [3.05, 3.63) is 35.0 Å².